The molecule has 4 nitrogen and oxygen atoms in total. The first-order valence-electron chi connectivity index (χ1n) is 3.64. The first-order chi connectivity index (χ1) is 5.34. The van der Waals surface area contributed by atoms with E-state index in [4.69, 9.17) is 4.84 Å². The summed E-state index contributed by atoms with van der Waals surface area (Å²) in [7, 11) is 0. The zero-order valence-corrected chi connectivity index (χ0v) is 6.38. The van der Waals surface area contributed by atoms with E-state index in [1.54, 1.807) is 6.08 Å². The minimum Gasteiger partial charge on any atom is -0.333 e. The molecule has 0 unspecified atom stereocenters. The summed E-state index contributed by atoms with van der Waals surface area (Å²) in [5.41, 5.74) is 0. The summed E-state index contributed by atoms with van der Waals surface area (Å²) in [5, 5.41) is 3.96. The normalized spacial score (nSPS) is 16.5. The number of hydroxylamine groups is 2. The molecule has 11 heavy (non-hydrogen) atoms. The van der Waals surface area contributed by atoms with Gasteiger partial charge in [-0.05, 0) is 6.42 Å². The van der Waals surface area contributed by atoms with Gasteiger partial charge in [0.05, 0.1) is 13.2 Å². The molecule has 0 bridgehead atoms. The second-order valence-corrected chi connectivity index (χ2v) is 2.26. The van der Waals surface area contributed by atoms with E-state index in [0.717, 1.165) is 6.42 Å². The van der Waals surface area contributed by atoms with Crippen molar-refractivity contribution in [1.82, 2.24) is 10.4 Å². The molecule has 4 heteroatoms. The molecule has 1 heterocycles. The molecule has 0 radical (unpaired) electrons. The molecule has 0 aromatic rings. The number of nitrogens with zero attached hydrogens (tertiary/aromatic N) is 1. The fourth-order valence-corrected chi connectivity index (χ4v) is 0.855. The molecule has 1 N–H and O–H groups in total. The first-order valence-corrected chi connectivity index (χ1v) is 3.64. The number of carbonyl (C=O) groups is 1. The molecular formula is C7H12N2O2. The SMILES string of the molecule is C=CCNC(=O)N1CCCO1. The van der Waals surface area contributed by atoms with E-state index in [1.807, 2.05) is 0 Å². The predicted octanol–water partition coefficient (Wildman–Crippen LogP) is 0.519. The van der Waals surface area contributed by atoms with E-state index in [1.165, 1.54) is 5.06 Å². The maximum Gasteiger partial charge on any atom is 0.341 e. The minimum atomic E-state index is -0.178. The summed E-state index contributed by atoms with van der Waals surface area (Å²) in [6.45, 7) is 5.29. The van der Waals surface area contributed by atoms with Gasteiger partial charge >= 0.3 is 6.03 Å². The van der Waals surface area contributed by atoms with Gasteiger partial charge < -0.3 is 5.32 Å². The highest BCUT2D eigenvalue weighted by atomic mass is 16.7. The van der Waals surface area contributed by atoms with Crippen LogP contribution in [0.2, 0.25) is 0 Å². The minimum absolute atomic E-state index is 0.178. The molecule has 1 rings (SSSR count). The molecule has 1 aliphatic heterocycles. The number of amides is 2. The second kappa shape index (κ2) is 3.98. The third kappa shape index (κ3) is 2.23. The molecule has 0 aliphatic carbocycles. The van der Waals surface area contributed by atoms with Crippen LogP contribution in [-0.4, -0.2) is 30.8 Å². The van der Waals surface area contributed by atoms with Crippen molar-refractivity contribution in [3.63, 3.8) is 0 Å². The lowest BCUT2D eigenvalue weighted by Gasteiger charge is -2.13. The van der Waals surface area contributed by atoms with Crippen LogP contribution in [0.1, 0.15) is 6.42 Å². The van der Waals surface area contributed by atoms with Crippen molar-refractivity contribution in [2.24, 2.45) is 0 Å². The van der Waals surface area contributed by atoms with Gasteiger partial charge in [-0.15, -0.1) is 6.58 Å². The number of rotatable bonds is 2. The van der Waals surface area contributed by atoms with Gasteiger partial charge in [0, 0.05) is 6.54 Å². The molecule has 0 aromatic heterocycles. The first kappa shape index (κ1) is 8.07. The molecule has 0 spiro atoms. The highest BCUT2D eigenvalue weighted by Crippen LogP contribution is 2.03. The lowest BCUT2D eigenvalue weighted by Crippen LogP contribution is -2.37. The van der Waals surface area contributed by atoms with Gasteiger partial charge in [-0.3, -0.25) is 4.84 Å². The van der Waals surface area contributed by atoms with Crippen LogP contribution in [0.4, 0.5) is 4.79 Å². The zero-order chi connectivity index (χ0) is 8.10. The maximum absolute atomic E-state index is 11.0. The smallest absolute Gasteiger partial charge is 0.333 e. The van der Waals surface area contributed by atoms with Crippen molar-refractivity contribution in [1.29, 1.82) is 0 Å². The van der Waals surface area contributed by atoms with E-state index < -0.39 is 0 Å². The molecule has 62 valence electrons. The van der Waals surface area contributed by atoms with Gasteiger partial charge in [-0.1, -0.05) is 6.08 Å². The van der Waals surface area contributed by atoms with Crippen molar-refractivity contribution in [2.75, 3.05) is 19.7 Å². The summed E-state index contributed by atoms with van der Waals surface area (Å²) < 4.78 is 0. The highest BCUT2D eigenvalue weighted by molar-refractivity contribution is 5.73. The Morgan fingerprint density at radius 1 is 1.82 bits per heavy atom. The Hall–Kier alpha value is -1.03. The predicted molar refractivity (Wildman–Crippen MR) is 40.9 cm³/mol. The van der Waals surface area contributed by atoms with Crippen molar-refractivity contribution >= 4 is 6.03 Å². The van der Waals surface area contributed by atoms with Crippen LogP contribution in [0.5, 0.6) is 0 Å². The third-order valence-corrected chi connectivity index (χ3v) is 1.38. The van der Waals surface area contributed by atoms with Gasteiger partial charge in [0.2, 0.25) is 0 Å². The molecule has 0 atom stereocenters. The van der Waals surface area contributed by atoms with Crippen LogP contribution in [0.3, 0.4) is 0 Å². The largest absolute Gasteiger partial charge is 0.341 e. The van der Waals surface area contributed by atoms with Crippen LogP contribution in [-0.2, 0) is 4.84 Å². The van der Waals surface area contributed by atoms with E-state index in [0.29, 0.717) is 19.7 Å². The zero-order valence-electron chi connectivity index (χ0n) is 6.38. The second-order valence-electron chi connectivity index (χ2n) is 2.26. The number of hydrogen-bond donors (Lipinski definition) is 1. The Labute approximate surface area is 65.8 Å². The number of carbonyl (C=O) groups excluding carboxylic acids is 1. The van der Waals surface area contributed by atoms with Crippen molar-refractivity contribution in [3.05, 3.63) is 12.7 Å². The lowest BCUT2D eigenvalue weighted by molar-refractivity contribution is -0.0659. The van der Waals surface area contributed by atoms with Gasteiger partial charge in [-0.2, -0.15) is 0 Å². The van der Waals surface area contributed by atoms with Crippen molar-refractivity contribution in [2.45, 2.75) is 6.42 Å². The van der Waals surface area contributed by atoms with E-state index in [-0.39, 0.29) is 6.03 Å². The molecule has 1 fully saturated rings. The quantitative estimate of drug-likeness (QED) is 0.592. The monoisotopic (exact) mass is 156 g/mol. The van der Waals surface area contributed by atoms with Gasteiger partial charge in [0.15, 0.2) is 0 Å². The van der Waals surface area contributed by atoms with Crippen molar-refractivity contribution < 1.29 is 9.63 Å². The number of nitrogens with one attached hydrogen (secondary N) is 1. The summed E-state index contributed by atoms with van der Waals surface area (Å²) in [6, 6.07) is -0.178. The fourth-order valence-electron chi connectivity index (χ4n) is 0.855. The Kier molecular flexibility index (Phi) is 2.92. The highest BCUT2D eigenvalue weighted by Gasteiger charge is 2.17. The Morgan fingerprint density at radius 3 is 3.18 bits per heavy atom. The Balaban J connectivity index is 2.22. The summed E-state index contributed by atoms with van der Waals surface area (Å²) in [6.07, 6.45) is 2.55. The number of hydrogen-bond acceptors (Lipinski definition) is 2. The van der Waals surface area contributed by atoms with E-state index >= 15 is 0 Å². The van der Waals surface area contributed by atoms with E-state index in [9.17, 15) is 4.79 Å². The molecule has 1 aliphatic rings. The lowest BCUT2D eigenvalue weighted by atomic mass is 10.5. The summed E-state index contributed by atoms with van der Waals surface area (Å²) in [4.78, 5) is 16.0. The molecule has 0 aromatic carbocycles. The average molecular weight is 156 g/mol. The van der Waals surface area contributed by atoms with Crippen LogP contribution in [0.15, 0.2) is 12.7 Å². The molecule has 0 saturated carbocycles. The van der Waals surface area contributed by atoms with Crippen LogP contribution < -0.4 is 5.32 Å². The molecular weight excluding hydrogens is 144 g/mol. The van der Waals surface area contributed by atoms with Gasteiger partial charge in [0.25, 0.3) is 0 Å². The molecule has 2 amide bonds. The fraction of sp³-hybridized carbons (Fsp3) is 0.571. The van der Waals surface area contributed by atoms with Crippen LogP contribution >= 0.6 is 0 Å². The molecule has 1 saturated heterocycles. The van der Waals surface area contributed by atoms with Crippen LogP contribution in [0, 0.1) is 0 Å². The summed E-state index contributed by atoms with van der Waals surface area (Å²) in [5.74, 6) is 0. The standard InChI is InChI=1S/C7H12N2O2/c1-2-4-8-7(10)9-5-3-6-11-9/h2H,1,3-6H2,(H,8,10). The number of urea groups is 1. The summed E-state index contributed by atoms with van der Waals surface area (Å²) >= 11 is 0. The van der Waals surface area contributed by atoms with Gasteiger partial charge in [0.1, 0.15) is 0 Å². The Bertz CT molecular complexity index is 153. The van der Waals surface area contributed by atoms with Gasteiger partial charge in [-0.25, -0.2) is 9.86 Å². The van der Waals surface area contributed by atoms with Crippen molar-refractivity contribution in [3.8, 4) is 0 Å². The topological polar surface area (TPSA) is 41.6 Å². The van der Waals surface area contributed by atoms with E-state index in [2.05, 4.69) is 11.9 Å². The third-order valence-electron chi connectivity index (χ3n) is 1.38. The maximum atomic E-state index is 11.0. The Morgan fingerprint density at radius 2 is 2.64 bits per heavy atom. The van der Waals surface area contributed by atoms with Crippen LogP contribution in [0.25, 0.3) is 0 Å². The average Bonchev–Trinajstić information content (AvgIpc) is 2.52.